The molecule has 0 spiro atoms. The van der Waals surface area contributed by atoms with Crippen LogP contribution in [0.2, 0.25) is 0 Å². The largest absolute Gasteiger partial charge is 0.341 e. The van der Waals surface area contributed by atoms with Crippen molar-refractivity contribution in [1.82, 2.24) is 14.9 Å². The molecule has 2 aromatic heterocycles. The highest BCUT2D eigenvalue weighted by Crippen LogP contribution is 2.24. The number of halogens is 1. The van der Waals surface area contributed by atoms with Crippen LogP contribution >= 0.6 is 23.7 Å². The van der Waals surface area contributed by atoms with Crippen LogP contribution in [0.25, 0.3) is 0 Å². The van der Waals surface area contributed by atoms with E-state index in [0.29, 0.717) is 0 Å². The molecule has 0 amide bonds. The molecule has 1 saturated heterocycles. The Hall–Kier alpha value is -1.17. The molecule has 0 radical (unpaired) electrons. The number of rotatable bonds is 3. The van der Waals surface area contributed by atoms with Crippen molar-refractivity contribution in [3.63, 3.8) is 0 Å². The number of aromatic nitrogens is 2. The Labute approximate surface area is 148 Å². The third kappa shape index (κ3) is 3.67. The molecule has 6 heteroatoms. The van der Waals surface area contributed by atoms with E-state index < -0.39 is 0 Å². The molecule has 0 saturated carbocycles. The molecule has 0 aromatic carbocycles. The molecule has 0 bridgehead atoms. The van der Waals surface area contributed by atoms with E-state index in [9.17, 15) is 0 Å². The van der Waals surface area contributed by atoms with Crippen LogP contribution in [0.5, 0.6) is 0 Å². The number of thiophene rings is 1. The molecule has 23 heavy (non-hydrogen) atoms. The van der Waals surface area contributed by atoms with Gasteiger partial charge in [0.25, 0.3) is 0 Å². The number of hydrogen-bond acceptors (Lipinski definition) is 5. The lowest BCUT2D eigenvalue weighted by atomic mass is 10.1. The summed E-state index contributed by atoms with van der Waals surface area (Å²) in [6, 6.07) is 4.46. The maximum absolute atomic E-state index is 4.83. The van der Waals surface area contributed by atoms with Gasteiger partial charge >= 0.3 is 0 Å². The van der Waals surface area contributed by atoms with Gasteiger partial charge in [0.05, 0.1) is 5.69 Å². The van der Waals surface area contributed by atoms with Crippen LogP contribution in [0.3, 0.4) is 0 Å². The van der Waals surface area contributed by atoms with Crippen LogP contribution < -0.4 is 4.90 Å². The molecule has 2 aromatic rings. The average molecular weight is 351 g/mol. The lowest BCUT2D eigenvalue weighted by Gasteiger charge is -2.28. The van der Waals surface area contributed by atoms with Gasteiger partial charge in [0.15, 0.2) is 0 Å². The van der Waals surface area contributed by atoms with E-state index >= 15 is 0 Å². The normalized spacial score (nSPS) is 17.9. The Kier molecular flexibility index (Phi) is 5.19. The summed E-state index contributed by atoms with van der Waals surface area (Å²) in [5.74, 6) is 0.943. The van der Waals surface area contributed by atoms with Gasteiger partial charge in [0.2, 0.25) is 5.95 Å². The molecular formula is C17H23ClN4S. The molecule has 4 rings (SSSR count). The fourth-order valence-corrected chi connectivity index (χ4v) is 4.29. The van der Waals surface area contributed by atoms with E-state index in [1.54, 1.807) is 0 Å². The van der Waals surface area contributed by atoms with Crippen LogP contribution in [0.1, 0.15) is 33.9 Å². The van der Waals surface area contributed by atoms with E-state index in [0.717, 1.165) is 45.1 Å². The minimum atomic E-state index is 0. The molecule has 2 aliphatic heterocycles. The summed E-state index contributed by atoms with van der Waals surface area (Å²) in [5.41, 5.74) is 2.57. The van der Waals surface area contributed by atoms with Crippen LogP contribution in [0, 0.1) is 6.92 Å². The highest BCUT2D eigenvalue weighted by molar-refractivity contribution is 7.11. The zero-order chi connectivity index (χ0) is 14.9. The maximum Gasteiger partial charge on any atom is 0.225 e. The molecule has 0 unspecified atom stereocenters. The van der Waals surface area contributed by atoms with Gasteiger partial charge in [-0.15, -0.1) is 23.7 Å². The SMILES string of the molecule is Cc1ccc(CN2CCc3nc(N4CCCC4)ncc3C2)s1.Cl. The monoisotopic (exact) mass is 350 g/mol. The first-order valence-corrected chi connectivity index (χ1v) is 8.97. The molecule has 4 heterocycles. The van der Waals surface area contributed by atoms with Crippen molar-refractivity contribution in [2.24, 2.45) is 0 Å². The second-order valence-electron chi connectivity index (χ2n) is 6.31. The lowest BCUT2D eigenvalue weighted by Crippen LogP contribution is -2.31. The van der Waals surface area contributed by atoms with Crippen molar-refractivity contribution in [1.29, 1.82) is 0 Å². The van der Waals surface area contributed by atoms with E-state index in [-0.39, 0.29) is 12.4 Å². The Morgan fingerprint density at radius 1 is 1.17 bits per heavy atom. The molecule has 1 fully saturated rings. The Morgan fingerprint density at radius 2 is 2.00 bits per heavy atom. The highest BCUT2D eigenvalue weighted by atomic mass is 35.5. The first-order chi connectivity index (χ1) is 10.8. The van der Waals surface area contributed by atoms with E-state index in [1.807, 2.05) is 11.3 Å². The van der Waals surface area contributed by atoms with Gasteiger partial charge in [-0.05, 0) is 31.9 Å². The fraction of sp³-hybridized carbons (Fsp3) is 0.529. The Morgan fingerprint density at radius 3 is 2.74 bits per heavy atom. The topological polar surface area (TPSA) is 32.3 Å². The summed E-state index contributed by atoms with van der Waals surface area (Å²) in [6.07, 6.45) is 5.65. The fourth-order valence-electron chi connectivity index (χ4n) is 3.36. The van der Waals surface area contributed by atoms with Crippen molar-refractivity contribution in [3.05, 3.63) is 39.3 Å². The van der Waals surface area contributed by atoms with Crippen LogP contribution in [0.4, 0.5) is 5.95 Å². The summed E-state index contributed by atoms with van der Waals surface area (Å²) in [6.45, 7) is 7.53. The molecule has 0 atom stereocenters. The number of aryl methyl sites for hydroxylation is 1. The number of anilines is 1. The Balaban J connectivity index is 0.00000156. The smallest absolute Gasteiger partial charge is 0.225 e. The van der Waals surface area contributed by atoms with E-state index in [1.165, 1.54) is 33.9 Å². The van der Waals surface area contributed by atoms with E-state index in [4.69, 9.17) is 4.98 Å². The molecule has 0 aliphatic carbocycles. The predicted molar refractivity (Wildman–Crippen MR) is 97.6 cm³/mol. The van der Waals surface area contributed by atoms with Gasteiger partial charge in [0, 0.05) is 60.7 Å². The van der Waals surface area contributed by atoms with Crippen molar-refractivity contribution in [2.45, 2.75) is 39.3 Å². The standard InChI is InChI=1S/C17H22N4S.ClH/c1-13-4-5-15(22-13)12-20-9-6-16-14(11-20)10-18-17(19-16)21-7-2-3-8-21;/h4-5,10H,2-3,6-9,11-12H2,1H3;1H. The predicted octanol–water partition coefficient (Wildman–Crippen LogP) is 3.43. The first kappa shape index (κ1) is 16.7. The zero-order valence-electron chi connectivity index (χ0n) is 13.5. The second kappa shape index (κ2) is 7.16. The third-order valence-electron chi connectivity index (χ3n) is 4.56. The summed E-state index contributed by atoms with van der Waals surface area (Å²) >= 11 is 1.90. The van der Waals surface area contributed by atoms with Gasteiger partial charge in [0.1, 0.15) is 0 Å². The van der Waals surface area contributed by atoms with Crippen LogP contribution in [0.15, 0.2) is 18.3 Å². The minimum Gasteiger partial charge on any atom is -0.341 e. The molecule has 124 valence electrons. The highest BCUT2D eigenvalue weighted by Gasteiger charge is 2.21. The van der Waals surface area contributed by atoms with Crippen molar-refractivity contribution in [2.75, 3.05) is 24.5 Å². The third-order valence-corrected chi connectivity index (χ3v) is 5.55. The number of fused-ring (bicyclic) bond motifs is 1. The number of nitrogens with zero attached hydrogens (tertiary/aromatic N) is 4. The molecular weight excluding hydrogens is 328 g/mol. The van der Waals surface area contributed by atoms with Gasteiger partial charge < -0.3 is 4.90 Å². The number of hydrogen-bond donors (Lipinski definition) is 0. The summed E-state index contributed by atoms with van der Waals surface area (Å²) in [7, 11) is 0. The molecule has 4 nitrogen and oxygen atoms in total. The van der Waals surface area contributed by atoms with Gasteiger partial charge in [-0.3, -0.25) is 4.90 Å². The van der Waals surface area contributed by atoms with Crippen LogP contribution in [-0.4, -0.2) is 34.5 Å². The van der Waals surface area contributed by atoms with Gasteiger partial charge in [-0.25, -0.2) is 9.97 Å². The minimum absolute atomic E-state index is 0. The molecule has 2 aliphatic rings. The quantitative estimate of drug-likeness (QED) is 0.849. The van der Waals surface area contributed by atoms with Crippen molar-refractivity contribution < 1.29 is 0 Å². The zero-order valence-corrected chi connectivity index (χ0v) is 15.1. The van der Waals surface area contributed by atoms with Crippen molar-refractivity contribution in [3.8, 4) is 0 Å². The summed E-state index contributed by atoms with van der Waals surface area (Å²) in [4.78, 5) is 17.1. The molecule has 0 N–H and O–H groups in total. The van der Waals surface area contributed by atoms with E-state index in [2.05, 4.69) is 40.0 Å². The first-order valence-electron chi connectivity index (χ1n) is 8.15. The summed E-state index contributed by atoms with van der Waals surface area (Å²) < 4.78 is 0. The lowest BCUT2D eigenvalue weighted by molar-refractivity contribution is 0.245. The maximum atomic E-state index is 4.83. The van der Waals surface area contributed by atoms with Crippen LogP contribution in [-0.2, 0) is 19.5 Å². The Bertz CT molecular complexity index is 666. The van der Waals surface area contributed by atoms with Crippen molar-refractivity contribution >= 4 is 29.7 Å². The second-order valence-corrected chi connectivity index (χ2v) is 7.68. The van der Waals surface area contributed by atoms with Gasteiger partial charge in [-0.1, -0.05) is 0 Å². The average Bonchev–Trinajstić information content (AvgIpc) is 3.19. The summed E-state index contributed by atoms with van der Waals surface area (Å²) in [5, 5.41) is 0. The van der Waals surface area contributed by atoms with Gasteiger partial charge in [-0.2, -0.15) is 0 Å².